The number of halogens is 1. The molecule has 0 bridgehead atoms. The Hall–Kier alpha value is -3.00. The Morgan fingerprint density at radius 1 is 1.04 bits per heavy atom. The van der Waals surface area contributed by atoms with E-state index in [1.807, 2.05) is 0 Å². The zero-order valence-electron chi connectivity index (χ0n) is 12.8. The summed E-state index contributed by atoms with van der Waals surface area (Å²) >= 11 is 0. The summed E-state index contributed by atoms with van der Waals surface area (Å²) < 4.78 is 46.0. The first kappa shape index (κ1) is 15.5. The van der Waals surface area contributed by atoms with Crippen LogP contribution in [0.5, 0.6) is 11.8 Å². The van der Waals surface area contributed by atoms with Crippen LogP contribution in [0.4, 0.5) is 10.1 Å². The lowest BCUT2D eigenvalue weighted by Crippen LogP contribution is -2.23. The highest BCUT2D eigenvalue weighted by molar-refractivity contribution is 7.93. The van der Waals surface area contributed by atoms with Crippen LogP contribution < -0.4 is 9.04 Å². The average molecular weight is 357 g/mol. The maximum absolute atomic E-state index is 14.0. The van der Waals surface area contributed by atoms with Gasteiger partial charge in [-0.1, -0.05) is 18.2 Å². The number of hydrogen-bond donors (Lipinski definition) is 0. The van der Waals surface area contributed by atoms with Gasteiger partial charge in [0.25, 0.3) is 10.0 Å². The molecule has 0 N–H and O–H groups in total. The lowest BCUT2D eigenvalue weighted by Gasteiger charge is -2.18. The second-order valence-electron chi connectivity index (χ2n) is 5.40. The van der Waals surface area contributed by atoms with E-state index in [1.54, 1.807) is 30.3 Å². The van der Waals surface area contributed by atoms with E-state index in [-0.39, 0.29) is 28.9 Å². The van der Waals surface area contributed by atoms with Crippen LogP contribution in [-0.2, 0) is 16.6 Å². The van der Waals surface area contributed by atoms with Crippen LogP contribution in [0.1, 0.15) is 5.56 Å². The van der Waals surface area contributed by atoms with E-state index in [4.69, 9.17) is 4.74 Å². The van der Waals surface area contributed by atoms with Crippen LogP contribution in [0.25, 0.3) is 0 Å². The number of aromatic nitrogens is 2. The molecule has 2 aromatic carbocycles. The monoisotopic (exact) mass is 357 g/mol. The van der Waals surface area contributed by atoms with Crippen LogP contribution in [0.15, 0.2) is 65.8 Å². The Morgan fingerprint density at radius 3 is 2.56 bits per heavy atom. The molecule has 1 aliphatic rings. The molecule has 1 aliphatic heterocycles. The summed E-state index contributed by atoms with van der Waals surface area (Å²) in [7, 11) is -3.73. The predicted molar refractivity (Wildman–Crippen MR) is 88.3 cm³/mol. The van der Waals surface area contributed by atoms with E-state index < -0.39 is 15.8 Å². The second-order valence-corrected chi connectivity index (χ2v) is 7.23. The number of benzene rings is 2. The fourth-order valence-corrected chi connectivity index (χ4v) is 4.31. The topological polar surface area (TPSA) is 72.4 Å². The van der Waals surface area contributed by atoms with Crippen molar-refractivity contribution < 1.29 is 17.5 Å². The third-order valence-electron chi connectivity index (χ3n) is 3.75. The average Bonchev–Trinajstić information content (AvgIpc) is 2.87. The molecule has 0 unspecified atom stereocenters. The van der Waals surface area contributed by atoms with E-state index in [9.17, 15) is 12.8 Å². The van der Waals surface area contributed by atoms with Crippen LogP contribution in [0.2, 0.25) is 0 Å². The smallest absolute Gasteiger partial charge is 0.321 e. The van der Waals surface area contributed by atoms with Gasteiger partial charge < -0.3 is 4.74 Å². The number of rotatable bonds is 3. The van der Waals surface area contributed by atoms with Gasteiger partial charge in [-0.05, 0) is 23.8 Å². The fraction of sp³-hybridized carbons (Fsp3) is 0.0588. The Balaban J connectivity index is 1.72. The summed E-state index contributed by atoms with van der Waals surface area (Å²) in [6, 6.07) is 12.1. The fourth-order valence-electron chi connectivity index (χ4n) is 2.67. The molecular weight excluding hydrogens is 345 g/mol. The highest BCUT2D eigenvalue weighted by Crippen LogP contribution is 2.36. The second kappa shape index (κ2) is 5.82. The van der Waals surface area contributed by atoms with Crippen molar-refractivity contribution in [3.05, 3.63) is 72.3 Å². The largest absolute Gasteiger partial charge is 0.424 e. The number of ether oxygens (including phenoxy) is 1. The minimum Gasteiger partial charge on any atom is -0.424 e. The Labute approximate surface area is 143 Å². The SMILES string of the molecule is O=S1(=O)c2ccccc2CN1c1cc(F)cc(Oc2ncccn2)c1. The summed E-state index contributed by atoms with van der Waals surface area (Å²) in [6.45, 7) is 0.142. The quantitative estimate of drug-likeness (QED) is 0.720. The van der Waals surface area contributed by atoms with Gasteiger partial charge in [0.1, 0.15) is 11.6 Å². The molecule has 0 fully saturated rings. The Morgan fingerprint density at radius 2 is 1.80 bits per heavy atom. The number of fused-ring (bicyclic) bond motifs is 1. The van der Waals surface area contributed by atoms with Crippen LogP contribution >= 0.6 is 0 Å². The van der Waals surface area contributed by atoms with Crippen molar-refractivity contribution >= 4 is 15.7 Å². The molecule has 0 aliphatic carbocycles. The molecule has 0 radical (unpaired) electrons. The van der Waals surface area contributed by atoms with Gasteiger partial charge in [-0.3, -0.25) is 4.31 Å². The molecule has 0 atom stereocenters. The molecular formula is C17H12FN3O3S. The maximum Gasteiger partial charge on any atom is 0.321 e. The number of nitrogens with zero attached hydrogens (tertiary/aromatic N) is 3. The highest BCUT2D eigenvalue weighted by atomic mass is 32.2. The molecule has 0 spiro atoms. The van der Waals surface area contributed by atoms with Gasteiger partial charge in [-0.2, -0.15) is 0 Å². The van der Waals surface area contributed by atoms with Crippen molar-refractivity contribution in [2.75, 3.05) is 4.31 Å². The van der Waals surface area contributed by atoms with E-state index >= 15 is 0 Å². The van der Waals surface area contributed by atoms with Gasteiger partial charge in [0, 0.05) is 24.5 Å². The van der Waals surface area contributed by atoms with E-state index in [0.717, 1.165) is 16.4 Å². The minimum absolute atomic E-state index is 0.0478. The number of anilines is 1. The first-order valence-electron chi connectivity index (χ1n) is 7.40. The summed E-state index contributed by atoms with van der Waals surface area (Å²) in [5.74, 6) is -0.498. The lowest BCUT2D eigenvalue weighted by atomic mass is 10.2. The van der Waals surface area contributed by atoms with Gasteiger partial charge in [-0.25, -0.2) is 22.8 Å². The molecule has 126 valence electrons. The van der Waals surface area contributed by atoms with Crippen LogP contribution in [0.3, 0.4) is 0 Å². The molecule has 25 heavy (non-hydrogen) atoms. The Bertz CT molecular complexity index is 1040. The number of sulfonamides is 1. The van der Waals surface area contributed by atoms with E-state index in [1.165, 1.54) is 18.5 Å². The lowest BCUT2D eigenvalue weighted by molar-refractivity contribution is 0.438. The van der Waals surface area contributed by atoms with Crippen molar-refractivity contribution in [3.63, 3.8) is 0 Å². The van der Waals surface area contributed by atoms with Crippen molar-refractivity contribution in [2.24, 2.45) is 0 Å². The molecule has 1 aromatic heterocycles. The number of hydrogen-bond acceptors (Lipinski definition) is 5. The summed E-state index contributed by atoms with van der Waals surface area (Å²) in [4.78, 5) is 8.04. The predicted octanol–water partition coefficient (Wildman–Crippen LogP) is 3.12. The molecule has 0 saturated carbocycles. The summed E-state index contributed by atoms with van der Waals surface area (Å²) in [5, 5.41) is 0. The van der Waals surface area contributed by atoms with Gasteiger partial charge in [0.05, 0.1) is 17.1 Å². The minimum atomic E-state index is -3.73. The molecule has 4 rings (SSSR count). The summed E-state index contributed by atoms with van der Waals surface area (Å²) in [5.41, 5.74) is 0.850. The molecule has 8 heteroatoms. The van der Waals surface area contributed by atoms with Gasteiger partial charge >= 0.3 is 6.01 Å². The normalized spacial score (nSPS) is 15.0. The zero-order chi connectivity index (χ0) is 17.4. The van der Waals surface area contributed by atoms with Crippen molar-refractivity contribution in [1.29, 1.82) is 0 Å². The van der Waals surface area contributed by atoms with Crippen LogP contribution in [0, 0.1) is 5.82 Å². The van der Waals surface area contributed by atoms with Gasteiger partial charge in [0.15, 0.2) is 0 Å². The first-order chi connectivity index (χ1) is 12.0. The van der Waals surface area contributed by atoms with E-state index in [2.05, 4.69) is 9.97 Å². The third kappa shape index (κ3) is 2.80. The Kier molecular flexibility index (Phi) is 3.61. The van der Waals surface area contributed by atoms with Gasteiger partial charge in [-0.15, -0.1) is 0 Å². The maximum atomic E-state index is 14.0. The van der Waals surface area contributed by atoms with Crippen molar-refractivity contribution in [3.8, 4) is 11.8 Å². The van der Waals surface area contributed by atoms with Crippen molar-refractivity contribution in [2.45, 2.75) is 11.4 Å². The molecule has 0 saturated heterocycles. The molecule has 6 nitrogen and oxygen atoms in total. The highest BCUT2D eigenvalue weighted by Gasteiger charge is 2.34. The molecule has 3 aromatic rings. The standard InChI is InChI=1S/C17H12FN3O3S/c18-13-8-14(10-15(9-13)24-17-19-6-3-7-20-17)21-11-12-4-1-2-5-16(12)25(21,22)23/h1-10H,11H2. The van der Waals surface area contributed by atoms with Crippen LogP contribution in [-0.4, -0.2) is 18.4 Å². The van der Waals surface area contributed by atoms with Crippen molar-refractivity contribution in [1.82, 2.24) is 9.97 Å². The third-order valence-corrected chi connectivity index (χ3v) is 5.62. The summed E-state index contributed by atoms with van der Waals surface area (Å²) in [6.07, 6.45) is 2.98. The first-order valence-corrected chi connectivity index (χ1v) is 8.84. The van der Waals surface area contributed by atoms with Gasteiger partial charge in [0.2, 0.25) is 0 Å². The zero-order valence-corrected chi connectivity index (χ0v) is 13.6. The van der Waals surface area contributed by atoms with E-state index in [0.29, 0.717) is 5.56 Å². The molecule has 0 amide bonds. The molecule has 2 heterocycles.